The lowest BCUT2D eigenvalue weighted by Crippen LogP contribution is -2.54. The van der Waals surface area contributed by atoms with Crippen LogP contribution in [0.1, 0.15) is 126 Å². The van der Waals surface area contributed by atoms with Crippen LogP contribution >= 0.6 is 0 Å². The minimum Gasteiger partial charge on any atom is -0.393 e. The Kier molecular flexibility index (Phi) is 11.7. The van der Waals surface area contributed by atoms with Crippen LogP contribution in [0.15, 0.2) is 0 Å². The van der Waals surface area contributed by atoms with Crippen LogP contribution in [0.3, 0.4) is 0 Å². The Balaban J connectivity index is 0.000000389. The van der Waals surface area contributed by atoms with Crippen molar-refractivity contribution < 1.29 is 14.6 Å². The molecule has 3 heteroatoms. The van der Waals surface area contributed by atoms with Gasteiger partial charge in [-0.15, -0.1) is 0 Å². The summed E-state index contributed by atoms with van der Waals surface area (Å²) in [6, 6.07) is 0. The zero-order valence-electron chi connectivity index (χ0n) is 25.2. The minimum absolute atomic E-state index is 0.00830. The number of hydrogen-bond acceptors (Lipinski definition) is 3. The summed E-state index contributed by atoms with van der Waals surface area (Å²) in [6.07, 6.45) is 16.6. The van der Waals surface area contributed by atoms with Gasteiger partial charge >= 0.3 is 0 Å². The van der Waals surface area contributed by atoms with E-state index in [0.717, 1.165) is 80.7 Å². The molecule has 1 saturated heterocycles. The zero-order valence-corrected chi connectivity index (χ0v) is 25.2. The third-order valence-corrected chi connectivity index (χ3v) is 11.5. The molecule has 5 fully saturated rings. The second-order valence-corrected chi connectivity index (χ2v) is 14.0. The number of aliphatic hydroxyl groups excluding tert-OH is 1. The number of rotatable bonds is 7. The van der Waals surface area contributed by atoms with E-state index in [4.69, 9.17) is 4.74 Å². The molecule has 4 aliphatic carbocycles. The Hall–Kier alpha value is -0.120. The van der Waals surface area contributed by atoms with Crippen LogP contribution in [-0.2, 0) is 9.47 Å². The van der Waals surface area contributed by atoms with Gasteiger partial charge in [0.1, 0.15) is 0 Å². The second-order valence-electron chi connectivity index (χ2n) is 14.0. The van der Waals surface area contributed by atoms with E-state index in [1.54, 1.807) is 0 Å². The zero-order chi connectivity index (χ0) is 26.3. The lowest BCUT2D eigenvalue weighted by atomic mass is 9.44. The molecule has 1 aliphatic heterocycles. The summed E-state index contributed by atoms with van der Waals surface area (Å²) in [6.45, 7) is 20.3. The molecule has 0 amide bonds. The van der Waals surface area contributed by atoms with E-state index in [2.05, 4.69) is 39.4 Å². The maximum Gasteiger partial charge on any atom is 0.0701 e. The summed E-state index contributed by atoms with van der Waals surface area (Å²) in [5.74, 6) is 6.49. The van der Waals surface area contributed by atoms with Gasteiger partial charge in [-0.2, -0.15) is 0 Å². The smallest absolute Gasteiger partial charge is 0.0701 e. The van der Waals surface area contributed by atoms with E-state index in [9.17, 15) is 5.11 Å². The van der Waals surface area contributed by atoms with Gasteiger partial charge in [0.15, 0.2) is 0 Å². The van der Waals surface area contributed by atoms with Crippen molar-refractivity contribution in [2.24, 2.45) is 52.3 Å². The Morgan fingerprint density at radius 2 is 1.47 bits per heavy atom. The van der Waals surface area contributed by atoms with Gasteiger partial charge in [0.2, 0.25) is 0 Å². The summed E-state index contributed by atoms with van der Waals surface area (Å²) in [5, 5.41) is 10.3. The summed E-state index contributed by atoms with van der Waals surface area (Å²) in [4.78, 5) is 0. The van der Waals surface area contributed by atoms with Gasteiger partial charge < -0.3 is 14.6 Å². The van der Waals surface area contributed by atoms with E-state index in [0.29, 0.717) is 10.8 Å². The molecule has 0 radical (unpaired) electrons. The van der Waals surface area contributed by atoms with Crippen molar-refractivity contribution in [3.05, 3.63) is 0 Å². The molecule has 4 saturated carbocycles. The molecule has 0 spiro atoms. The Morgan fingerprint density at radius 1 is 0.833 bits per heavy atom. The third-order valence-electron chi connectivity index (χ3n) is 11.5. The number of ether oxygens (including phenoxy) is 2. The van der Waals surface area contributed by atoms with Gasteiger partial charge in [-0.1, -0.05) is 53.9 Å². The van der Waals surface area contributed by atoms with Crippen LogP contribution in [-0.4, -0.2) is 37.6 Å². The second kappa shape index (κ2) is 13.8. The predicted octanol–water partition coefficient (Wildman–Crippen LogP) is 8.53. The van der Waals surface area contributed by atoms with E-state index >= 15 is 0 Å². The maximum absolute atomic E-state index is 10.3. The molecule has 36 heavy (non-hydrogen) atoms. The number of aliphatic hydroxyl groups is 1. The predicted molar refractivity (Wildman–Crippen MR) is 152 cm³/mol. The van der Waals surface area contributed by atoms with Gasteiger partial charge in [-0.05, 0) is 124 Å². The molecule has 0 bridgehead atoms. The van der Waals surface area contributed by atoms with Crippen molar-refractivity contribution in [1.82, 2.24) is 0 Å². The molecule has 5 aliphatic rings. The summed E-state index contributed by atoms with van der Waals surface area (Å²) in [5.41, 5.74) is 1.15. The van der Waals surface area contributed by atoms with Crippen molar-refractivity contribution in [3.63, 3.8) is 0 Å². The quantitative estimate of drug-likeness (QED) is 0.352. The first kappa shape index (κ1) is 30.4. The summed E-state index contributed by atoms with van der Waals surface area (Å²) >= 11 is 0. The van der Waals surface area contributed by atoms with Crippen LogP contribution in [0, 0.1) is 52.3 Å². The van der Waals surface area contributed by atoms with Crippen LogP contribution in [0.25, 0.3) is 0 Å². The topological polar surface area (TPSA) is 42.0 Å². The molecule has 0 aromatic heterocycles. The number of epoxide rings is 1. The fourth-order valence-electron chi connectivity index (χ4n) is 9.46. The van der Waals surface area contributed by atoms with Crippen molar-refractivity contribution in [1.29, 1.82) is 0 Å². The largest absolute Gasteiger partial charge is 0.393 e. The highest BCUT2D eigenvalue weighted by molar-refractivity contribution is 5.09. The Bertz CT molecular complexity index is 628. The lowest BCUT2D eigenvalue weighted by Gasteiger charge is -2.61. The highest BCUT2D eigenvalue weighted by atomic mass is 16.6. The van der Waals surface area contributed by atoms with Crippen LogP contribution in [0.5, 0.6) is 0 Å². The van der Waals surface area contributed by atoms with E-state index in [1.165, 1.54) is 64.2 Å². The van der Waals surface area contributed by atoms with E-state index < -0.39 is 0 Å². The normalized spacial score (nSPS) is 41.6. The highest BCUT2D eigenvalue weighted by Gasteiger charge is 2.60. The Morgan fingerprint density at radius 3 is 2.06 bits per heavy atom. The van der Waals surface area contributed by atoms with Crippen LogP contribution in [0.4, 0.5) is 0 Å². The first-order valence-electron chi connectivity index (χ1n) is 16.0. The van der Waals surface area contributed by atoms with E-state index in [-0.39, 0.29) is 6.10 Å². The van der Waals surface area contributed by atoms with Crippen molar-refractivity contribution >= 4 is 0 Å². The molecular formula is C33H62O3. The molecule has 9 atom stereocenters. The van der Waals surface area contributed by atoms with Gasteiger partial charge in [0.05, 0.1) is 19.3 Å². The molecule has 0 unspecified atom stereocenters. The van der Waals surface area contributed by atoms with E-state index in [1.807, 2.05) is 13.8 Å². The summed E-state index contributed by atoms with van der Waals surface area (Å²) in [7, 11) is 0. The molecule has 3 nitrogen and oxygen atoms in total. The first-order valence-corrected chi connectivity index (χ1v) is 16.0. The van der Waals surface area contributed by atoms with Crippen LogP contribution < -0.4 is 0 Å². The lowest BCUT2D eigenvalue weighted by molar-refractivity contribution is -0.129. The molecule has 0 aromatic carbocycles. The fourth-order valence-corrected chi connectivity index (χ4v) is 9.46. The first-order chi connectivity index (χ1) is 17.2. The number of hydrogen-bond donors (Lipinski definition) is 1. The Labute approximate surface area is 224 Å². The monoisotopic (exact) mass is 506 g/mol. The van der Waals surface area contributed by atoms with Crippen molar-refractivity contribution in [2.75, 3.05) is 26.4 Å². The standard InChI is InChI=1S/C27H48O.C4H10O.C2H4O/c1-18(2)7-6-8-19(3)23-11-12-24-22-10-9-20-17-21(28)13-15-26(20,4)25(22)14-16-27(23,24)5;1-3-5-4-2;1-2-3-1/h18-25,28H,6-17H2,1-5H3;3-4H2,1-2H3;1-2H2/t19-,20+,21+,22+,23-,24+,25+,26+,27-;;/m1../s1. The van der Waals surface area contributed by atoms with Crippen molar-refractivity contribution in [2.45, 2.75) is 132 Å². The molecule has 0 aromatic rings. The summed E-state index contributed by atoms with van der Waals surface area (Å²) < 4.78 is 9.33. The fraction of sp³-hybridized carbons (Fsp3) is 1.00. The number of fused-ring (bicyclic) bond motifs is 5. The van der Waals surface area contributed by atoms with Gasteiger partial charge in [-0.3, -0.25) is 0 Å². The van der Waals surface area contributed by atoms with Crippen LogP contribution in [0.2, 0.25) is 0 Å². The third kappa shape index (κ3) is 7.29. The molecule has 1 N–H and O–H groups in total. The minimum atomic E-state index is -0.00830. The molecule has 1 heterocycles. The maximum atomic E-state index is 10.3. The molecule has 212 valence electrons. The van der Waals surface area contributed by atoms with Gasteiger partial charge in [0.25, 0.3) is 0 Å². The highest BCUT2D eigenvalue weighted by Crippen LogP contribution is 2.68. The molecule has 5 rings (SSSR count). The SMILES string of the molecule is C1CO1.CC(C)CCC[C@@H](C)[C@H]1CC[C@H]2[C@@H]3CC[C@H]4C[C@@H](O)CC[C@]4(C)[C@H]3CC[C@]12C.CCOCC. The molecular weight excluding hydrogens is 444 g/mol. The van der Waals surface area contributed by atoms with Gasteiger partial charge in [-0.25, -0.2) is 0 Å². The van der Waals surface area contributed by atoms with Crippen molar-refractivity contribution in [3.8, 4) is 0 Å². The van der Waals surface area contributed by atoms with Gasteiger partial charge in [0, 0.05) is 13.2 Å². The average molecular weight is 507 g/mol. The average Bonchev–Trinajstić information content (AvgIpc) is 3.67.